The minimum Gasteiger partial charge on any atom is -0.481 e. The number of amides is 3. The topological polar surface area (TPSA) is 288 Å². The van der Waals surface area contributed by atoms with E-state index in [1.807, 2.05) is 0 Å². The number of rotatable bonds is 25. The summed E-state index contributed by atoms with van der Waals surface area (Å²) in [6.07, 6.45) is -3.78. The zero-order valence-electron chi connectivity index (χ0n) is 26.0. The van der Waals surface area contributed by atoms with Crippen LogP contribution in [-0.2, 0) is 47.9 Å². The third-order valence-corrected chi connectivity index (χ3v) is 6.92. The van der Waals surface area contributed by atoms with Gasteiger partial charge in [-0.2, -0.15) is 0 Å². The molecule has 0 heterocycles. The molecule has 17 heteroatoms. The van der Waals surface area contributed by atoms with Crippen molar-refractivity contribution in [3.63, 3.8) is 0 Å². The number of nitrogens with one attached hydrogen (secondary N) is 3. The van der Waals surface area contributed by atoms with E-state index in [-0.39, 0.29) is 50.4 Å². The fourth-order valence-corrected chi connectivity index (χ4v) is 4.11. The molecule has 0 bridgehead atoms. The van der Waals surface area contributed by atoms with Gasteiger partial charge in [-0.05, 0) is 25.7 Å². The van der Waals surface area contributed by atoms with Crippen molar-refractivity contribution in [2.45, 2.75) is 97.1 Å². The van der Waals surface area contributed by atoms with Crippen molar-refractivity contribution in [3.8, 4) is 0 Å². The molecule has 0 unspecified atom stereocenters. The molecule has 0 aliphatic rings. The molecule has 0 aliphatic carbocycles. The van der Waals surface area contributed by atoms with Crippen LogP contribution in [0.15, 0.2) is 0 Å². The monoisotopic (exact) mass is 657 g/mol. The molecule has 17 nitrogen and oxygen atoms in total. The van der Waals surface area contributed by atoms with Gasteiger partial charge in [-0.25, -0.2) is 9.59 Å². The molecule has 0 fully saturated rings. The highest BCUT2D eigenvalue weighted by molar-refractivity contribution is 5.89. The Labute approximate surface area is 264 Å². The van der Waals surface area contributed by atoms with Crippen molar-refractivity contribution >= 4 is 58.9 Å². The number of carboxylic acid groups (broad SMARTS) is 4. The van der Waals surface area contributed by atoms with Gasteiger partial charge in [0, 0.05) is 51.4 Å². The predicted octanol–water partition coefficient (Wildman–Crippen LogP) is -0.0728. The lowest BCUT2D eigenvalue weighted by molar-refractivity contribution is -0.145. The molecule has 7 N–H and O–H groups in total. The van der Waals surface area contributed by atoms with Gasteiger partial charge >= 0.3 is 23.9 Å². The van der Waals surface area contributed by atoms with Gasteiger partial charge in [0.15, 0.2) is 5.78 Å². The summed E-state index contributed by atoms with van der Waals surface area (Å²) in [5.41, 5.74) is 0. The number of carbonyl (C=O) groups excluding carboxylic acids is 6. The summed E-state index contributed by atoms with van der Waals surface area (Å²) in [5.74, 6) is -12.0. The first-order chi connectivity index (χ1) is 21.3. The van der Waals surface area contributed by atoms with Crippen molar-refractivity contribution in [1.82, 2.24) is 16.0 Å². The second-order valence-corrected chi connectivity index (χ2v) is 11.2. The Hall–Kier alpha value is -4.70. The van der Waals surface area contributed by atoms with Crippen LogP contribution in [0.2, 0.25) is 0 Å². The Kier molecular flexibility index (Phi) is 19.0. The summed E-state index contributed by atoms with van der Waals surface area (Å²) in [6, 6.07) is -2.90. The van der Waals surface area contributed by atoms with Gasteiger partial charge in [0.2, 0.25) is 17.7 Å². The summed E-state index contributed by atoms with van der Waals surface area (Å²) in [7, 11) is 0. The van der Waals surface area contributed by atoms with E-state index >= 15 is 0 Å². The summed E-state index contributed by atoms with van der Waals surface area (Å²) < 4.78 is 0. The molecule has 0 radical (unpaired) electrons. The molecule has 0 saturated carbocycles. The number of hydrogen-bond donors (Lipinski definition) is 7. The first-order valence-electron chi connectivity index (χ1n) is 14.6. The third-order valence-electron chi connectivity index (χ3n) is 6.92. The standard InChI is InChI=1S/C29H43N3O14/c1-15(2)23(36)14-30-24(37)10-4-17(26(39)40)12-20(35)7-9-22(29(45)46)32-25(38)11-5-18(27(41)42)13-19(34)6-8-21(28(43)44)31-16(3)33/h15,17-18,21-22H,4-14H2,1-3H3,(H,30,37)(H,31,33)(H,32,38)(H,39,40)(H,41,42)(H,43,44)(H,45,46)/t17-,18-,21+,22+/m1/s1. The van der Waals surface area contributed by atoms with Crippen molar-refractivity contribution in [2.75, 3.05) is 6.54 Å². The van der Waals surface area contributed by atoms with E-state index in [0.29, 0.717) is 0 Å². The highest BCUT2D eigenvalue weighted by atomic mass is 16.4. The largest absolute Gasteiger partial charge is 0.481 e. The Morgan fingerprint density at radius 2 is 0.957 bits per heavy atom. The zero-order chi connectivity index (χ0) is 35.6. The number of Topliss-reactive ketones (excluding diaryl/α,β-unsaturated/α-hetero) is 3. The molecular formula is C29H43N3O14. The van der Waals surface area contributed by atoms with Crippen molar-refractivity contribution in [2.24, 2.45) is 17.8 Å². The predicted molar refractivity (Wildman–Crippen MR) is 156 cm³/mol. The van der Waals surface area contributed by atoms with Crippen molar-refractivity contribution in [3.05, 3.63) is 0 Å². The Balaban J connectivity index is 4.89. The second-order valence-electron chi connectivity index (χ2n) is 11.2. The first-order valence-corrected chi connectivity index (χ1v) is 14.6. The molecule has 4 atom stereocenters. The second kappa shape index (κ2) is 21.1. The lowest BCUT2D eigenvalue weighted by atomic mass is 9.93. The SMILES string of the molecule is CC(=O)N[C@@H](CCC(=O)C[C@@H](CCC(=O)N[C@@H](CCC(=O)C[C@@H](CCC(=O)NCC(=O)C(C)C)C(=O)O)C(=O)O)C(=O)O)C(=O)O. The first kappa shape index (κ1) is 41.3. The van der Waals surface area contributed by atoms with Gasteiger partial charge in [-0.3, -0.25) is 38.4 Å². The van der Waals surface area contributed by atoms with Crippen LogP contribution in [0.1, 0.15) is 85.0 Å². The van der Waals surface area contributed by atoms with Gasteiger partial charge in [0.25, 0.3) is 0 Å². The summed E-state index contributed by atoms with van der Waals surface area (Å²) >= 11 is 0. The Morgan fingerprint density at radius 1 is 0.543 bits per heavy atom. The zero-order valence-corrected chi connectivity index (χ0v) is 26.0. The van der Waals surface area contributed by atoms with E-state index < -0.39 is 109 Å². The van der Waals surface area contributed by atoms with E-state index in [9.17, 15) is 63.3 Å². The maximum absolute atomic E-state index is 12.4. The quantitative estimate of drug-likeness (QED) is 0.0676. The molecule has 0 aromatic rings. The molecule has 258 valence electrons. The number of carboxylic acids is 4. The van der Waals surface area contributed by atoms with Crippen LogP contribution in [0, 0.1) is 17.8 Å². The minimum absolute atomic E-state index is 0.204. The van der Waals surface area contributed by atoms with E-state index in [2.05, 4.69) is 16.0 Å². The smallest absolute Gasteiger partial charge is 0.326 e. The van der Waals surface area contributed by atoms with Crippen molar-refractivity contribution in [1.29, 1.82) is 0 Å². The molecule has 0 aliphatic heterocycles. The van der Waals surface area contributed by atoms with Crippen LogP contribution in [-0.4, -0.2) is 98.0 Å². The van der Waals surface area contributed by atoms with Crippen LogP contribution in [0.5, 0.6) is 0 Å². The maximum atomic E-state index is 12.4. The van der Waals surface area contributed by atoms with E-state index in [1.165, 1.54) is 0 Å². The molecule has 0 rings (SSSR count). The summed E-state index contributed by atoms with van der Waals surface area (Å²) in [6.45, 7) is 4.20. The summed E-state index contributed by atoms with van der Waals surface area (Å²) in [5, 5.41) is 44.1. The van der Waals surface area contributed by atoms with E-state index in [1.54, 1.807) is 13.8 Å². The highest BCUT2D eigenvalue weighted by Crippen LogP contribution is 2.17. The average Bonchev–Trinajstić information content (AvgIpc) is 2.95. The highest BCUT2D eigenvalue weighted by Gasteiger charge is 2.28. The molecular weight excluding hydrogens is 614 g/mol. The van der Waals surface area contributed by atoms with Gasteiger partial charge in [-0.15, -0.1) is 0 Å². The number of carbonyl (C=O) groups is 10. The number of aliphatic carboxylic acids is 4. The Morgan fingerprint density at radius 3 is 1.33 bits per heavy atom. The van der Waals surface area contributed by atoms with Gasteiger partial charge in [-0.1, -0.05) is 13.8 Å². The van der Waals surface area contributed by atoms with Crippen LogP contribution < -0.4 is 16.0 Å². The van der Waals surface area contributed by atoms with Gasteiger partial charge in [0.05, 0.1) is 18.4 Å². The normalized spacial score (nSPS) is 13.4. The van der Waals surface area contributed by atoms with Crippen LogP contribution >= 0.6 is 0 Å². The number of hydrogen-bond acceptors (Lipinski definition) is 10. The minimum atomic E-state index is -1.56. The molecule has 46 heavy (non-hydrogen) atoms. The van der Waals surface area contributed by atoms with E-state index in [0.717, 1.165) is 6.92 Å². The third kappa shape index (κ3) is 18.2. The van der Waals surface area contributed by atoms with Crippen LogP contribution in [0.4, 0.5) is 0 Å². The molecule has 0 spiro atoms. The summed E-state index contributed by atoms with van der Waals surface area (Å²) in [4.78, 5) is 118. The van der Waals surface area contributed by atoms with Crippen LogP contribution in [0.3, 0.4) is 0 Å². The van der Waals surface area contributed by atoms with Crippen LogP contribution in [0.25, 0.3) is 0 Å². The lowest BCUT2D eigenvalue weighted by Crippen LogP contribution is -2.41. The average molecular weight is 658 g/mol. The van der Waals surface area contributed by atoms with E-state index in [4.69, 9.17) is 5.11 Å². The molecule has 0 saturated heterocycles. The Bertz CT molecular complexity index is 1170. The lowest BCUT2D eigenvalue weighted by Gasteiger charge is -2.17. The number of ketones is 3. The van der Waals surface area contributed by atoms with Crippen molar-refractivity contribution < 1.29 is 68.4 Å². The van der Waals surface area contributed by atoms with Gasteiger partial charge in [0.1, 0.15) is 23.7 Å². The fraction of sp³-hybridized carbons (Fsp3) is 0.655. The molecule has 3 amide bonds. The van der Waals surface area contributed by atoms with Gasteiger partial charge < -0.3 is 36.4 Å². The maximum Gasteiger partial charge on any atom is 0.326 e. The fourth-order valence-electron chi connectivity index (χ4n) is 4.11. The molecule has 0 aromatic heterocycles. The molecule has 0 aromatic carbocycles.